The molecular formula is C12H20O. The van der Waals surface area contributed by atoms with Crippen molar-refractivity contribution >= 4 is 0 Å². The Kier molecular flexibility index (Phi) is 2.03. The third-order valence-corrected chi connectivity index (χ3v) is 4.34. The molecule has 0 saturated heterocycles. The summed E-state index contributed by atoms with van der Waals surface area (Å²) >= 11 is 0. The van der Waals surface area contributed by atoms with Gasteiger partial charge in [0, 0.05) is 0 Å². The smallest absolute Gasteiger partial charge is 0.0615 e. The molecule has 74 valence electrons. The van der Waals surface area contributed by atoms with Crippen molar-refractivity contribution in [2.75, 3.05) is 6.61 Å². The minimum atomic E-state index is 0.220. The second kappa shape index (κ2) is 2.84. The third kappa shape index (κ3) is 1.34. The van der Waals surface area contributed by atoms with Gasteiger partial charge in [0.1, 0.15) is 0 Å². The molecular weight excluding hydrogens is 160 g/mol. The van der Waals surface area contributed by atoms with Crippen molar-refractivity contribution in [3.8, 4) is 0 Å². The lowest BCUT2D eigenvalue weighted by Crippen LogP contribution is -2.09. The van der Waals surface area contributed by atoms with E-state index < -0.39 is 0 Å². The molecule has 2 fully saturated rings. The zero-order chi connectivity index (χ0) is 9.64. The topological polar surface area (TPSA) is 20.2 Å². The fourth-order valence-corrected chi connectivity index (χ4v) is 3.12. The summed E-state index contributed by atoms with van der Waals surface area (Å²) in [4.78, 5) is 0. The molecule has 0 aromatic carbocycles. The van der Waals surface area contributed by atoms with Crippen LogP contribution >= 0.6 is 0 Å². The van der Waals surface area contributed by atoms with Crippen LogP contribution in [0.1, 0.15) is 33.6 Å². The van der Waals surface area contributed by atoms with Gasteiger partial charge >= 0.3 is 0 Å². The van der Waals surface area contributed by atoms with Crippen molar-refractivity contribution < 1.29 is 5.11 Å². The molecule has 13 heavy (non-hydrogen) atoms. The van der Waals surface area contributed by atoms with Crippen molar-refractivity contribution in [1.29, 1.82) is 0 Å². The van der Waals surface area contributed by atoms with Gasteiger partial charge in [0.25, 0.3) is 0 Å². The second-order valence-electron chi connectivity index (χ2n) is 5.34. The molecule has 2 aliphatic rings. The van der Waals surface area contributed by atoms with Gasteiger partial charge < -0.3 is 5.11 Å². The SMILES string of the molecule is C[C@@H]1C[C@H]2[C@@H](C/C1=C\CO)C2(C)C. The highest BCUT2D eigenvalue weighted by atomic mass is 16.2. The van der Waals surface area contributed by atoms with Crippen molar-refractivity contribution in [1.82, 2.24) is 0 Å². The first-order valence-corrected chi connectivity index (χ1v) is 5.37. The summed E-state index contributed by atoms with van der Waals surface area (Å²) in [6.45, 7) is 7.29. The van der Waals surface area contributed by atoms with Gasteiger partial charge in [0.05, 0.1) is 6.61 Å². The Balaban J connectivity index is 2.09. The van der Waals surface area contributed by atoms with Crippen LogP contribution in [0.25, 0.3) is 0 Å². The van der Waals surface area contributed by atoms with Gasteiger partial charge in [0.2, 0.25) is 0 Å². The Morgan fingerprint density at radius 2 is 2.15 bits per heavy atom. The van der Waals surface area contributed by atoms with Crippen molar-refractivity contribution in [3.05, 3.63) is 11.6 Å². The average molecular weight is 180 g/mol. The molecule has 0 aromatic rings. The molecule has 1 N–H and O–H groups in total. The van der Waals surface area contributed by atoms with E-state index in [4.69, 9.17) is 5.11 Å². The van der Waals surface area contributed by atoms with E-state index in [1.54, 1.807) is 0 Å². The molecule has 2 saturated carbocycles. The van der Waals surface area contributed by atoms with Gasteiger partial charge in [0.15, 0.2) is 0 Å². The number of aliphatic hydroxyl groups is 1. The van der Waals surface area contributed by atoms with Gasteiger partial charge in [-0.3, -0.25) is 0 Å². The normalized spacial score (nSPS) is 44.6. The van der Waals surface area contributed by atoms with Gasteiger partial charge in [-0.05, 0) is 36.0 Å². The standard InChI is InChI=1S/C12H20O/c1-8-6-10-11(12(10,2)3)7-9(8)4-5-13/h4,8,10-11,13H,5-7H2,1-3H3/b9-4+/t8-,10+,11-/m1/s1. The van der Waals surface area contributed by atoms with Gasteiger partial charge in [-0.15, -0.1) is 0 Å². The summed E-state index contributed by atoms with van der Waals surface area (Å²) in [5.41, 5.74) is 2.08. The van der Waals surface area contributed by atoms with Crippen LogP contribution in [0.2, 0.25) is 0 Å². The Morgan fingerprint density at radius 1 is 1.46 bits per heavy atom. The fraction of sp³-hybridized carbons (Fsp3) is 0.833. The molecule has 0 amide bonds. The molecule has 0 bridgehead atoms. The van der Waals surface area contributed by atoms with E-state index in [1.807, 2.05) is 6.08 Å². The number of hydrogen-bond donors (Lipinski definition) is 1. The molecule has 0 aliphatic heterocycles. The molecule has 2 aliphatic carbocycles. The zero-order valence-corrected chi connectivity index (χ0v) is 8.88. The lowest BCUT2D eigenvalue weighted by molar-refractivity contribution is 0.337. The first-order chi connectivity index (χ1) is 6.07. The van der Waals surface area contributed by atoms with Crippen LogP contribution < -0.4 is 0 Å². The quantitative estimate of drug-likeness (QED) is 0.615. The van der Waals surface area contributed by atoms with E-state index in [0.29, 0.717) is 11.3 Å². The van der Waals surface area contributed by atoms with Gasteiger partial charge in [-0.1, -0.05) is 32.4 Å². The van der Waals surface area contributed by atoms with Crippen LogP contribution in [0.3, 0.4) is 0 Å². The summed E-state index contributed by atoms with van der Waals surface area (Å²) in [6, 6.07) is 0. The highest BCUT2D eigenvalue weighted by molar-refractivity contribution is 5.21. The monoisotopic (exact) mass is 180 g/mol. The molecule has 1 nitrogen and oxygen atoms in total. The Hall–Kier alpha value is -0.300. The third-order valence-electron chi connectivity index (χ3n) is 4.34. The second-order valence-corrected chi connectivity index (χ2v) is 5.34. The molecule has 0 aromatic heterocycles. The zero-order valence-electron chi connectivity index (χ0n) is 8.88. The Labute approximate surface area is 80.8 Å². The van der Waals surface area contributed by atoms with Crippen LogP contribution in [-0.4, -0.2) is 11.7 Å². The van der Waals surface area contributed by atoms with Crippen molar-refractivity contribution in [2.45, 2.75) is 33.6 Å². The van der Waals surface area contributed by atoms with Crippen LogP contribution in [0, 0.1) is 23.2 Å². The minimum absolute atomic E-state index is 0.220. The van der Waals surface area contributed by atoms with E-state index in [9.17, 15) is 0 Å². The number of rotatable bonds is 1. The average Bonchev–Trinajstić information content (AvgIpc) is 2.56. The number of allylic oxidation sites excluding steroid dienone is 1. The predicted molar refractivity (Wildman–Crippen MR) is 54.3 cm³/mol. The summed E-state index contributed by atoms with van der Waals surface area (Å²) < 4.78 is 0. The molecule has 0 radical (unpaired) electrons. The van der Waals surface area contributed by atoms with Crippen LogP contribution in [-0.2, 0) is 0 Å². The molecule has 0 heterocycles. The maximum Gasteiger partial charge on any atom is 0.0615 e. The van der Waals surface area contributed by atoms with Crippen LogP contribution in [0.4, 0.5) is 0 Å². The first kappa shape index (κ1) is 9.26. The highest BCUT2D eigenvalue weighted by Crippen LogP contribution is 2.66. The highest BCUT2D eigenvalue weighted by Gasteiger charge is 2.59. The van der Waals surface area contributed by atoms with Gasteiger partial charge in [-0.2, -0.15) is 0 Å². The molecule has 0 unspecified atom stereocenters. The molecule has 0 spiro atoms. The predicted octanol–water partition coefficient (Wildman–Crippen LogP) is 2.61. The van der Waals surface area contributed by atoms with E-state index in [0.717, 1.165) is 11.8 Å². The van der Waals surface area contributed by atoms with E-state index >= 15 is 0 Å². The lowest BCUT2D eigenvalue weighted by Gasteiger charge is -2.20. The minimum Gasteiger partial charge on any atom is -0.392 e. The fourth-order valence-electron chi connectivity index (χ4n) is 3.12. The van der Waals surface area contributed by atoms with Gasteiger partial charge in [-0.25, -0.2) is 0 Å². The summed E-state index contributed by atoms with van der Waals surface area (Å²) in [7, 11) is 0. The molecule has 3 atom stereocenters. The Bertz CT molecular complexity index is 240. The maximum atomic E-state index is 8.89. The van der Waals surface area contributed by atoms with Crippen LogP contribution in [0.15, 0.2) is 11.6 Å². The van der Waals surface area contributed by atoms with Crippen molar-refractivity contribution in [3.63, 3.8) is 0 Å². The lowest BCUT2D eigenvalue weighted by atomic mass is 9.85. The number of fused-ring (bicyclic) bond motifs is 1. The van der Waals surface area contributed by atoms with Crippen molar-refractivity contribution in [2.24, 2.45) is 23.2 Å². The largest absolute Gasteiger partial charge is 0.392 e. The number of aliphatic hydroxyl groups excluding tert-OH is 1. The van der Waals surface area contributed by atoms with E-state index in [2.05, 4.69) is 20.8 Å². The Morgan fingerprint density at radius 3 is 2.77 bits per heavy atom. The summed E-state index contributed by atoms with van der Waals surface area (Å²) in [5, 5.41) is 8.89. The summed E-state index contributed by atoms with van der Waals surface area (Å²) in [5.74, 6) is 2.56. The first-order valence-electron chi connectivity index (χ1n) is 5.37. The maximum absolute atomic E-state index is 8.89. The molecule has 1 heteroatoms. The van der Waals surface area contributed by atoms with Crippen LogP contribution in [0.5, 0.6) is 0 Å². The van der Waals surface area contributed by atoms with E-state index in [1.165, 1.54) is 18.4 Å². The molecule has 2 rings (SSSR count). The number of hydrogen-bond acceptors (Lipinski definition) is 1. The van der Waals surface area contributed by atoms with E-state index in [-0.39, 0.29) is 6.61 Å². The summed E-state index contributed by atoms with van der Waals surface area (Å²) in [6.07, 6.45) is 4.60.